The maximum absolute atomic E-state index is 5.88. The molecule has 0 aliphatic rings. The van der Waals surface area contributed by atoms with Crippen LogP contribution in [0.2, 0.25) is 0 Å². The number of nitrogen functional groups attached to an aromatic ring is 1. The van der Waals surface area contributed by atoms with Crippen LogP contribution in [0.15, 0.2) is 42.6 Å². The fraction of sp³-hybridized carbons (Fsp3) is 0.0769. The molecular formula is C13H12N4O. The first-order valence-electron chi connectivity index (χ1n) is 5.53. The highest BCUT2D eigenvalue weighted by molar-refractivity contribution is 5.87. The minimum absolute atomic E-state index is 0.473. The summed E-state index contributed by atoms with van der Waals surface area (Å²) in [5, 5.41) is 5.16. The molecule has 0 aliphatic heterocycles. The van der Waals surface area contributed by atoms with Crippen LogP contribution >= 0.6 is 0 Å². The zero-order valence-electron chi connectivity index (χ0n) is 9.87. The Morgan fingerprint density at radius 1 is 1.22 bits per heavy atom. The summed E-state index contributed by atoms with van der Waals surface area (Å²) in [5.41, 5.74) is 7.49. The quantitative estimate of drug-likeness (QED) is 0.744. The molecule has 0 radical (unpaired) electrons. The predicted molar refractivity (Wildman–Crippen MR) is 69.8 cm³/mol. The van der Waals surface area contributed by atoms with E-state index in [1.165, 1.54) is 0 Å². The Balaban J connectivity index is 2.25. The third-order valence-corrected chi connectivity index (χ3v) is 2.77. The summed E-state index contributed by atoms with van der Waals surface area (Å²) < 4.78 is 6.92. The van der Waals surface area contributed by atoms with E-state index in [1.54, 1.807) is 18.0 Å². The van der Waals surface area contributed by atoms with E-state index in [-0.39, 0.29) is 0 Å². The second-order valence-corrected chi connectivity index (χ2v) is 3.87. The highest BCUT2D eigenvalue weighted by Crippen LogP contribution is 2.23. The maximum atomic E-state index is 5.88. The number of fused-ring (bicyclic) bond motifs is 1. The Kier molecular flexibility index (Phi) is 2.37. The zero-order valence-corrected chi connectivity index (χ0v) is 9.87. The molecule has 0 amide bonds. The van der Waals surface area contributed by atoms with Gasteiger partial charge >= 0.3 is 0 Å². The van der Waals surface area contributed by atoms with Crippen LogP contribution in [0.1, 0.15) is 0 Å². The number of nitrogens with zero attached hydrogens (tertiary/aromatic N) is 3. The number of aromatic nitrogens is 3. The third-order valence-electron chi connectivity index (χ3n) is 2.77. The SMILES string of the molecule is COc1cccc(-n2nc(N)c3cccnc32)c1. The van der Waals surface area contributed by atoms with E-state index in [0.29, 0.717) is 5.82 Å². The summed E-state index contributed by atoms with van der Waals surface area (Å²) >= 11 is 0. The van der Waals surface area contributed by atoms with Crippen LogP contribution in [0.3, 0.4) is 0 Å². The summed E-state index contributed by atoms with van der Waals surface area (Å²) in [6.45, 7) is 0. The normalized spacial score (nSPS) is 10.7. The Morgan fingerprint density at radius 2 is 2.11 bits per heavy atom. The number of hydrogen-bond acceptors (Lipinski definition) is 4. The minimum atomic E-state index is 0.473. The van der Waals surface area contributed by atoms with Crippen LogP contribution in [0, 0.1) is 0 Å². The molecule has 0 saturated carbocycles. The number of ether oxygens (including phenoxy) is 1. The number of anilines is 1. The van der Waals surface area contributed by atoms with Crippen LogP contribution in [0.25, 0.3) is 16.7 Å². The van der Waals surface area contributed by atoms with Gasteiger partial charge in [-0.15, -0.1) is 5.10 Å². The van der Waals surface area contributed by atoms with Gasteiger partial charge in [-0.25, -0.2) is 9.67 Å². The molecule has 0 bridgehead atoms. The molecule has 3 aromatic rings. The van der Waals surface area contributed by atoms with E-state index in [4.69, 9.17) is 10.5 Å². The van der Waals surface area contributed by atoms with Crippen molar-refractivity contribution in [3.63, 3.8) is 0 Å². The van der Waals surface area contributed by atoms with Gasteiger partial charge in [0, 0.05) is 12.3 Å². The summed E-state index contributed by atoms with van der Waals surface area (Å²) in [7, 11) is 1.63. The zero-order chi connectivity index (χ0) is 12.5. The lowest BCUT2D eigenvalue weighted by Crippen LogP contribution is -1.98. The smallest absolute Gasteiger partial charge is 0.165 e. The van der Waals surface area contributed by atoms with Crippen molar-refractivity contribution in [3.8, 4) is 11.4 Å². The molecule has 2 aromatic heterocycles. The Morgan fingerprint density at radius 3 is 2.94 bits per heavy atom. The second-order valence-electron chi connectivity index (χ2n) is 3.87. The summed E-state index contributed by atoms with van der Waals surface area (Å²) in [6, 6.07) is 11.4. The maximum Gasteiger partial charge on any atom is 0.165 e. The molecular weight excluding hydrogens is 228 g/mol. The molecule has 0 spiro atoms. The van der Waals surface area contributed by atoms with Crippen molar-refractivity contribution in [2.24, 2.45) is 0 Å². The Labute approximate surface area is 104 Å². The minimum Gasteiger partial charge on any atom is -0.497 e. The van der Waals surface area contributed by atoms with E-state index < -0.39 is 0 Å². The second kappa shape index (κ2) is 4.03. The van der Waals surface area contributed by atoms with Crippen molar-refractivity contribution in [2.45, 2.75) is 0 Å². The standard InChI is InChI=1S/C13H12N4O/c1-18-10-5-2-4-9(8-10)17-13-11(12(14)16-17)6-3-7-15-13/h2-8H,1H3,(H2,14,16). The highest BCUT2D eigenvalue weighted by Gasteiger charge is 2.10. The number of methoxy groups -OCH3 is 1. The molecule has 2 heterocycles. The van der Waals surface area contributed by atoms with Crippen molar-refractivity contribution in [1.82, 2.24) is 14.8 Å². The number of rotatable bonds is 2. The monoisotopic (exact) mass is 240 g/mol. The predicted octanol–water partition coefficient (Wildman–Crippen LogP) is 2.01. The molecule has 0 atom stereocenters. The summed E-state index contributed by atoms with van der Waals surface area (Å²) in [6.07, 6.45) is 1.72. The summed E-state index contributed by atoms with van der Waals surface area (Å²) in [5.74, 6) is 1.24. The first-order valence-corrected chi connectivity index (χ1v) is 5.53. The van der Waals surface area contributed by atoms with Gasteiger partial charge in [-0.2, -0.15) is 0 Å². The Hall–Kier alpha value is -2.56. The highest BCUT2D eigenvalue weighted by atomic mass is 16.5. The van der Waals surface area contributed by atoms with Crippen molar-refractivity contribution in [1.29, 1.82) is 0 Å². The van der Waals surface area contributed by atoms with Crippen LogP contribution < -0.4 is 10.5 Å². The Bertz CT molecular complexity index is 705. The molecule has 5 nitrogen and oxygen atoms in total. The van der Waals surface area contributed by atoms with Gasteiger partial charge in [0.1, 0.15) is 5.75 Å². The van der Waals surface area contributed by atoms with Crippen LogP contribution in [0.5, 0.6) is 5.75 Å². The van der Waals surface area contributed by atoms with Crippen LogP contribution in [0.4, 0.5) is 5.82 Å². The van der Waals surface area contributed by atoms with E-state index in [9.17, 15) is 0 Å². The molecule has 0 unspecified atom stereocenters. The average Bonchev–Trinajstić information content (AvgIpc) is 2.77. The van der Waals surface area contributed by atoms with Crippen LogP contribution in [-0.4, -0.2) is 21.9 Å². The number of hydrogen-bond donors (Lipinski definition) is 1. The molecule has 0 fully saturated rings. The van der Waals surface area contributed by atoms with Crippen LogP contribution in [-0.2, 0) is 0 Å². The first-order chi connectivity index (χ1) is 8.79. The molecule has 2 N–H and O–H groups in total. The molecule has 0 saturated heterocycles. The lowest BCUT2D eigenvalue weighted by molar-refractivity contribution is 0.414. The van der Waals surface area contributed by atoms with Gasteiger partial charge in [-0.1, -0.05) is 6.07 Å². The molecule has 18 heavy (non-hydrogen) atoms. The van der Waals surface area contributed by atoms with Gasteiger partial charge in [-0.05, 0) is 24.3 Å². The molecule has 90 valence electrons. The number of pyridine rings is 1. The van der Waals surface area contributed by atoms with Crippen molar-refractivity contribution in [3.05, 3.63) is 42.6 Å². The van der Waals surface area contributed by atoms with Gasteiger partial charge in [-0.3, -0.25) is 0 Å². The van der Waals surface area contributed by atoms with Gasteiger partial charge in [0.05, 0.1) is 18.2 Å². The van der Waals surface area contributed by atoms with Gasteiger partial charge in [0.25, 0.3) is 0 Å². The van der Waals surface area contributed by atoms with E-state index in [0.717, 1.165) is 22.5 Å². The average molecular weight is 240 g/mol. The number of nitrogens with two attached hydrogens (primary N) is 1. The first kappa shape index (κ1) is 10.6. The van der Waals surface area contributed by atoms with Crippen molar-refractivity contribution < 1.29 is 4.74 Å². The summed E-state index contributed by atoms with van der Waals surface area (Å²) in [4.78, 5) is 4.31. The topological polar surface area (TPSA) is 66.0 Å². The fourth-order valence-corrected chi connectivity index (χ4v) is 1.90. The van der Waals surface area contributed by atoms with E-state index in [1.807, 2.05) is 36.4 Å². The number of benzene rings is 1. The van der Waals surface area contributed by atoms with E-state index in [2.05, 4.69) is 10.1 Å². The molecule has 5 heteroatoms. The van der Waals surface area contributed by atoms with Gasteiger partial charge < -0.3 is 10.5 Å². The fourth-order valence-electron chi connectivity index (χ4n) is 1.90. The third kappa shape index (κ3) is 1.57. The lowest BCUT2D eigenvalue weighted by Gasteiger charge is -2.04. The van der Waals surface area contributed by atoms with E-state index >= 15 is 0 Å². The lowest BCUT2D eigenvalue weighted by atomic mass is 10.3. The van der Waals surface area contributed by atoms with Gasteiger partial charge in [0.2, 0.25) is 0 Å². The largest absolute Gasteiger partial charge is 0.497 e. The van der Waals surface area contributed by atoms with Crippen molar-refractivity contribution in [2.75, 3.05) is 12.8 Å². The van der Waals surface area contributed by atoms with Gasteiger partial charge in [0.15, 0.2) is 11.5 Å². The molecule has 1 aromatic carbocycles. The molecule has 0 aliphatic carbocycles. The molecule has 3 rings (SSSR count). The van der Waals surface area contributed by atoms with Crippen molar-refractivity contribution >= 4 is 16.9 Å².